The molecular weight excluding hydrogens is 232 g/mol. The van der Waals surface area contributed by atoms with E-state index in [1.54, 1.807) is 12.1 Å². The Kier molecular flexibility index (Phi) is 5.53. The number of rotatable bonds is 2. The minimum Gasteiger partial charge on any atom is -0.478 e. The molecule has 2 aromatic rings. The van der Waals surface area contributed by atoms with Gasteiger partial charge in [-0.15, -0.1) is 5.59 Å². The van der Waals surface area contributed by atoms with E-state index in [1.807, 2.05) is 42.5 Å². The number of nitrogens with one attached hydrogen (secondary N) is 1. The van der Waals surface area contributed by atoms with Crippen LogP contribution in [0, 0.1) is 0 Å². The van der Waals surface area contributed by atoms with Gasteiger partial charge in [-0.25, -0.2) is 10.6 Å². The molecule has 0 unspecified atom stereocenters. The second kappa shape index (κ2) is 7.18. The maximum absolute atomic E-state index is 10.6. The first-order valence-electron chi connectivity index (χ1n) is 5.17. The molecule has 0 aliphatic carbocycles. The van der Waals surface area contributed by atoms with E-state index in [0.29, 0.717) is 5.56 Å². The van der Waals surface area contributed by atoms with Gasteiger partial charge in [0.2, 0.25) is 0 Å². The van der Waals surface area contributed by atoms with Gasteiger partial charge in [-0.05, 0) is 23.3 Å². The SMILES string of the molecule is NNO.O=C(O)c1ccc(-c2ccccc2)cc1. The molecule has 0 aromatic heterocycles. The second-order valence-corrected chi connectivity index (χ2v) is 3.38. The molecule has 0 radical (unpaired) electrons. The quantitative estimate of drug-likeness (QED) is 0.479. The maximum Gasteiger partial charge on any atom is 0.335 e. The second-order valence-electron chi connectivity index (χ2n) is 3.38. The van der Waals surface area contributed by atoms with E-state index in [0.717, 1.165) is 11.1 Å². The van der Waals surface area contributed by atoms with Crippen LogP contribution in [0.5, 0.6) is 0 Å². The van der Waals surface area contributed by atoms with Gasteiger partial charge >= 0.3 is 5.97 Å². The zero-order chi connectivity index (χ0) is 13.4. The van der Waals surface area contributed by atoms with Crippen molar-refractivity contribution in [2.24, 2.45) is 5.84 Å². The van der Waals surface area contributed by atoms with Gasteiger partial charge < -0.3 is 10.3 Å². The average molecular weight is 246 g/mol. The molecule has 94 valence electrons. The molecule has 2 rings (SSSR count). The highest BCUT2D eigenvalue weighted by Crippen LogP contribution is 2.18. The fourth-order valence-electron chi connectivity index (χ4n) is 1.44. The number of benzene rings is 2. The van der Waals surface area contributed by atoms with Crippen molar-refractivity contribution in [1.29, 1.82) is 0 Å². The van der Waals surface area contributed by atoms with E-state index in [4.69, 9.17) is 10.3 Å². The lowest BCUT2D eigenvalue weighted by atomic mass is 10.0. The van der Waals surface area contributed by atoms with E-state index in [9.17, 15) is 4.79 Å². The molecule has 5 heteroatoms. The molecule has 2 aromatic carbocycles. The zero-order valence-electron chi connectivity index (χ0n) is 9.58. The lowest BCUT2D eigenvalue weighted by Crippen LogP contribution is -2.14. The summed E-state index contributed by atoms with van der Waals surface area (Å²) in [6, 6.07) is 16.7. The summed E-state index contributed by atoms with van der Waals surface area (Å²) in [5, 5.41) is 15.8. The largest absolute Gasteiger partial charge is 0.478 e. The van der Waals surface area contributed by atoms with Crippen molar-refractivity contribution in [2.75, 3.05) is 0 Å². The summed E-state index contributed by atoms with van der Waals surface area (Å²) in [5.74, 6) is 3.26. The summed E-state index contributed by atoms with van der Waals surface area (Å²) in [5.41, 5.74) is 3.68. The number of carbonyl (C=O) groups is 1. The number of carboxylic acid groups (broad SMARTS) is 1. The Morgan fingerprint density at radius 2 is 1.39 bits per heavy atom. The van der Waals surface area contributed by atoms with E-state index >= 15 is 0 Å². The Morgan fingerprint density at radius 3 is 1.83 bits per heavy atom. The van der Waals surface area contributed by atoms with Crippen LogP contribution in [0.25, 0.3) is 11.1 Å². The fraction of sp³-hybridized carbons (Fsp3) is 0. The monoisotopic (exact) mass is 246 g/mol. The van der Waals surface area contributed by atoms with Crippen LogP contribution in [0.2, 0.25) is 0 Å². The Labute approximate surface area is 104 Å². The highest BCUT2D eigenvalue weighted by atomic mass is 16.5. The van der Waals surface area contributed by atoms with Crippen LogP contribution in [-0.2, 0) is 0 Å². The van der Waals surface area contributed by atoms with Gasteiger partial charge in [0.25, 0.3) is 0 Å². The molecule has 0 aliphatic heterocycles. The van der Waals surface area contributed by atoms with Crippen LogP contribution in [0.3, 0.4) is 0 Å². The number of carboxylic acids is 1. The van der Waals surface area contributed by atoms with E-state index in [2.05, 4.69) is 5.84 Å². The lowest BCUT2D eigenvalue weighted by Gasteiger charge is -2.01. The zero-order valence-corrected chi connectivity index (χ0v) is 9.58. The van der Waals surface area contributed by atoms with Crippen molar-refractivity contribution < 1.29 is 15.1 Å². The van der Waals surface area contributed by atoms with Gasteiger partial charge in [0, 0.05) is 0 Å². The summed E-state index contributed by atoms with van der Waals surface area (Å²) in [4.78, 5) is 10.6. The van der Waals surface area contributed by atoms with Gasteiger partial charge in [0.05, 0.1) is 5.56 Å². The number of hydrogen-bond acceptors (Lipinski definition) is 4. The van der Waals surface area contributed by atoms with Crippen LogP contribution in [0.1, 0.15) is 10.4 Å². The number of hydrazine groups is 1. The minimum absolute atomic E-state index is 0.315. The van der Waals surface area contributed by atoms with Crippen LogP contribution in [-0.4, -0.2) is 16.3 Å². The third kappa shape index (κ3) is 3.99. The molecule has 18 heavy (non-hydrogen) atoms. The van der Waals surface area contributed by atoms with Crippen LogP contribution >= 0.6 is 0 Å². The molecule has 0 aliphatic rings. The molecule has 0 bridgehead atoms. The van der Waals surface area contributed by atoms with Gasteiger partial charge in [-0.1, -0.05) is 42.5 Å². The van der Waals surface area contributed by atoms with Crippen LogP contribution in [0.4, 0.5) is 0 Å². The molecule has 0 saturated heterocycles. The molecule has 0 saturated carbocycles. The molecule has 5 N–H and O–H groups in total. The van der Waals surface area contributed by atoms with Crippen molar-refractivity contribution in [3.63, 3.8) is 0 Å². The first kappa shape index (κ1) is 13.9. The Hall–Kier alpha value is -2.21. The molecule has 0 fully saturated rings. The van der Waals surface area contributed by atoms with E-state index < -0.39 is 5.97 Å². The average Bonchev–Trinajstić information content (AvgIpc) is 2.41. The van der Waals surface area contributed by atoms with Gasteiger partial charge in [-0.2, -0.15) is 0 Å². The van der Waals surface area contributed by atoms with Crippen LogP contribution < -0.4 is 11.4 Å². The summed E-state index contributed by atoms with van der Waals surface area (Å²) < 4.78 is 0. The van der Waals surface area contributed by atoms with Crippen molar-refractivity contribution in [1.82, 2.24) is 5.59 Å². The van der Waals surface area contributed by atoms with Crippen molar-refractivity contribution >= 4 is 5.97 Å². The highest BCUT2D eigenvalue weighted by molar-refractivity contribution is 5.88. The smallest absolute Gasteiger partial charge is 0.335 e. The molecule has 0 amide bonds. The Morgan fingerprint density at radius 1 is 0.944 bits per heavy atom. The summed E-state index contributed by atoms with van der Waals surface area (Å²) in [6.45, 7) is 0. The minimum atomic E-state index is -0.894. The van der Waals surface area contributed by atoms with Gasteiger partial charge in [0.1, 0.15) is 0 Å². The third-order valence-electron chi connectivity index (χ3n) is 2.24. The topological polar surface area (TPSA) is 95.6 Å². The predicted octanol–water partition coefficient (Wildman–Crippen LogP) is 1.89. The summed E-state index contributed by atoms with van der Waals surface area (Å²) >= 11 is 0. The van der Waals surface area contributed by atoms with Crippen molar-refractivity contribution in [2.45, 2.75) is 0 Å². The first-order valence-corrected chi connectivity index (χ1v) is 5.17. The number of aromatic carboxylic acids is 1. The Balaban J connectivity index is 0.000000492. The molecule has 0 atom stereocenters. The van der Waals surface area contributed by atoms with Crippen molar-refractivity contribution in [3.05, 3.63) is 60.2 Å². The van der Waals surface area contributed by atoms with Gasteiger partial charge in [0.15, 0.2) is 0 Å². The van der Waals surface area contributed by atoms with Crippen molar-refractivity contribution in [3.8, 4) is 11.1 Å². The Bertz CT molecular complexity index is 483. The highest BCUT2D eigenvalue weighted by Gasteiger charge is 2.02. The van der Waals surface area contributed by atoms with Gasteiger partial charge in [-0.3, -0.25) is 0 Å². The molecule has 0 heterocycles. The molecule has 5 nitrogen and oxygen atoms in total. The summed E-state index contributed by atoms with van der Waals surface area (Å²) in [7, 11) is 0. The standard InChI is InChI=1S/C13H10O2.H4N2O/c14-13(15)12-8-6-11(7-9-12)10-4-2-1-3-5-10;1-2-3/h1-9H,(H,14,15);2-3H,1H2. The van der Waals surface area contributed by atoms with E-state index in [1.165, 1.54) is 5.59 Å². The van der Waals surface area contributed by atoms with Crippen LogP contribution in [0.15, 0.2) is 54.6 Å². The molecular formula is C13H14N2O3. The normalized spacial score (nSPS) is 9.22. The molecule has 0 spiro atoms. The third-order valence-corrected chi connectivity index (χ3v) is 2.24. The van der Waals surface area contributed by atoms with E-state index in [-0.39, 0.29) is 0 Å². The predicted molar refractivity (Wildman–Crippen MR) is 67.9 cm³/mol. The number of hydrogen-bond donors (Lipinski definition) is 4. The number of nitrogens with two attached hydrogens (primary N) is 1. The fourth-order valence-corrected chi connectivity index (χ4v) is 1.44. The maximum atomic E-state index is 10.6. The summed E-state index contributed by atoms with van der Waals surface area (Å²) in [6.07, 6.45) is 0. The lowest BCUT2D eigenvalue weighted by molar-refractivity contribution is 0.0697. The first-order chi connectivity index (χ1) is 8.69.